The van der Waals surface area contributed by atoms with Crippen molar-refractivity contribution in [2.75, 3.05) is 35.8 Å². The van der Waals surface area contributed by atoms with E-state index >= 15 is 0 Å². The molecule has 528 valence electrons. The first-order valence-corrected chi connectivity index (χ1v) is 37.0. The molecule has 5 fully saturated rings. The van der Waals surface area contributed by atoms with Crippen LogP contribution in [0.5, 0.6) is 0 Å². The molecule has 9 N–H and O–H groups in total. The van der Waals surface area contributed by atoms with Gasteiger partial charge in [-0.15, -0.1) is 18.4 Å². The second-order valence-electron chi connectivity index (χ2n) is 26.6. The molecule has 0 unspecified atom stereocenters. The van der Waals surface area contributed by atoms with E-state index in [9.17, 15) is 28.8 Å². The SMILES string of the molecule is C.C#Cc1cccc(-c2cc3nccc(N[C@@H]4C[C@H](CO)[C@H]5OC(C)(C)O[C@H]54)n3n2)c1.C#Cc1cccc(-c2cc3nccc(N[C@@H]4C[C@H](COS(N)(=O)=O)[C@@H](O)[C@H]4O)n3n2)c1.CC1(C)O[C@@H]2[C@@H](CO)C[C@@H](Nc3ccnc4cc(-c5cccc(C#C[Si](C)(C)C)c5)nn34)[C@@H]2O1.O=CO[O-].[H-].[K+].[K+]. The van der Waals surface area contributed by atoms with Gasteiger partial charge < -0.3 is 66.9 Å². The van der Waals surface area contributed by atoms with Gasteiger partial charge in [-0.25, -0.2) is 20.1 Å². The van der Waals surface area contributed by atoms with Gasteiger partial charge in [0.15, 0.2) is 28.5 Å². The van der Waals surface area contributed by atoms with Crippen LogP contribution in [0.4, 0.5) is 17.5 Å². The summed E-state index contributed by atoms with van der Waals surface area (Å²) in [4.78, 5) is 24.5. The molecule has 3 aromatic carbocycles. The Labute approximate surface area is 679 Å². The first-order chi connectivity index (χ1) is 47.2. The van der Waals surface area contributed by atoms with Crippen molar-refractivity contribution in [3.8, 4) is 69.9 Å². The molecule has 0 amide bonds. The van der Waals surface area contributed by atoms with Gasteiger partial charge in [0.2, 0.25) is 0 Å². The van der Waals surface area contributed by atoms with E-state index in [4.69, 9.17) is 57.2 Å². The zero-order chi connectivity index (χ0) is 70.6. The van der Waals surface area contributed by atoms with Crippen molar-refractivity contribution < 1.29 is 171 Å². The van der Waals surface area contributed by atoms with Crippen molar-refractivity contribution in [1.29, 1.82) is 0 Å². The summed E-state index contributed by atoms with van der Waals surface area (Å²) in [6, 6.07) is 34.0. The van der Waals surface area contributed by atoms with Crippen LogP contribution in [0.15, 0.2) is 128 Å². The Kier molecular flexibility index (Phi) is 28.0. The zero-order valence-corrected chi connectivity index (χ0v) is 65.5. The third kappa shape index (κ3) is 19.8. The molecule has 12 atom stereocenters. The van der Waals surface area contributed by atoms with Gasteiger partial charge >= 0.3 is 113 Å². The average molecular weight is 1480 g/mol. The molecule has 3 saturated carbocycles. The van der Waals surface area contributed by atoms with E-state index in [-0.39, 0.29) is 193 Å². The maximum absolute atomic E-state index is 11.0. The summed E-state index contributed by atoms with van der Waals surface area (Å²) in [6.45, 7) is 14.0. The van der Waals surface area contributed by atoms with Gasteiger partial charge in [-0.3, -0.25) is 8.98 Å². The van der Waals surface area contributed by atoms with Gasteiger partial charge in [-0.1, -0.05) is 81.2 Å². The van der Waals surface area contributed by atoms with Gasteiger partial charge in [0.1, 0.15) is 43.8 Å². The van der Waals surface area contributed by atoms with Crippen molar-refractivity contribution in [3.63, 3.8) is 0 Å². The number of benzene rings is 3. The number of aromatic nitrogens is 9. The third-order valence-corrected chi connectivity index (χ3v) is 18.7. The number of anilines is 3. The second-order valence-corrected chi connectivity index (χ2v) is 32.6. The Morgan fingerprint density at radius 2 is 0.980 bits per heavy atom. The molecule has 27 nitrogen and oxygen atoms in total. The van der Waals surface area contributed by atoms with Crippen LogP contribution in [-0.2, 0) is 43.1 Å². The number of nitrogens with two attached hydrogens (primary N) is 1. The topological polar surface area (TPSA) is 363 Å². The molecule has 3 aliphatic carbocycles. The minimum absolute atomic E-state index is 0. The molecule has 2 aliphatic heterocycles. The summed E-state index contributed by atoms with van der Waals surface area (Å²) in [6.07, 6.45) is 15.1. The largest absolute Gasteiger partial charge is 1.00 e. The second kappa shape index (κ2) is 35.0. The summed E-state index contributed by atoms with van der Waals surface area (Å²) in [5.41, 5.74) is 13.1. The fourth-order valence-corrected chi connectivity index (χ4v) is 13.9. The van der Waals surface area contributed by atoms with Gasteiger partial charge in [-0.05, 0) is 102 Å². The van der Waals surface area contributed by atoms with E-state index in [0.29, 0.717) is 17.2 Å². The quantitative estimate of drug-likeness (QED) is 0.0219. The Bertz CT molecular complexity index is 4670. The van der Waals surface area contributed by atoms with Crippen LogP contribution in [0, 0.1) is 53.9 Å². The maximum Gasteiger partial charge on any atom is 1.00 e. The van der Waals surface area contributed by atoms with Crippen LogP contribution in [0.2, 0.25) is 19.6 Å². The van der Waals surface area contributed by atoms with E-state index in [1.54, 1.807) is 33.7 Å². The molecule has 8 heterocycles. The molecule has 31 heteroatoms. The summed E-state index contributed by atoms with van der Waals surface area (Å²) < 4.78 is 56.3. The van der Waals surface area contributed by atoms with Gasteiger partial charge in [-0.2, -0.15) is 37.3 Å². The van der Waals surface area contributed by atoms with E-state index in [2.05, 4.69) is 94.1 Å². The number of rotatable bonds is 15. The fraction of sp³-hybridized carbons (Fsp3) is 0.394. The van der Waals surface area contributed by atoms with Crippen LogP contribution in [0.1, 0.15) is 72.5 Å². The number of nitrogens with zero attached hydrogens (tertiary/aromatic N) is 9. The molecule has 2 saturated heterocycles. The Morgan fingerprint density at radius 1 is 0.618 bits per heavy atom. The van der Waals surface area contributed by atoms with Crippen LogP contribution in [0.3, 0.4) is 0 Å². The van der Waals surface area contributed by atoms with Gasteiger partial charge in [0, 0.05) is 101 Å². The van der Waals surface area contributed by atoms with Gasteiger partial charge in [0.25, 0.3) is 6.47 Å². The Morgan fingerprint density at radius 3 is 1.34 bits per heavy atom. The number of carbonyl (C=O) groups excluding carboxylic acids is 1. The van der Waals surface area contributed by atoms with Gasteiger partial charge in [0.05, 0.1) is 60.1 Å². The summed E-state index contributed by atoms with van der Waals surface area (Å²) in [7, 11) is -5.58. The minimum Gasteiger partial charge on any atom is -1.00 e. The van der Waals surface area contributed by atoms with Crippen LogP contribution in [-0.4, -0.2) is 173 Å². The van der Waals surface area contributed by atoms with Crippen LogP contribution < -0.4 is 129 Å². The summed E-state index contributed by atoms with van der Waals surface area (Å²) >= 11 is 0. The number of carbonyl (C=O) groups is 1. The Balaban J connectivity index is 0.000000207. The Hall–Kier alpha value is -5.93. The molecule has 0 spiro atoms. The molecule has 6 aromatic heterocycles. The van der Waals surface area contributed by atoms with Crippen LogP contribution in [0.25, 0.3) is 50.7 Å². The summed E-state index contributed by atoms with van der Waals surface area (Å²) in [5.74, 6) is 8.93. The van der Waals surface area contributed by atoms with E-state index in [1.807, 2.05) is 129 Å². The number of hydrogen-bond donors (Lipinski definition) is 8. The monoisotopic (exact) mass is 1480 g/mol. The number of ether oxygens (including phenoxy) is 4. The number of hydrogen-bond acceptors (Lipinski definition) is 23. The minimum atomic E-state index is -4.13. The van der Waals surface area contributed by atoms with E-state index in [1.165, 1.54) is 0 Å². The molecule has 9 aromatic rings. The molecule has 14 rings (SSSR count). The number of terminal acetylenes is 2. The fourth-order valence-electron chi connectivity index (χ4n) is 13.0. The first kappa shape index (κ1) is 81.7. The number of aliphatic hydroxyl groups excluding tert-OH is 4. The standard InChI is InChI=1S/C26H32N4O3Si.C23H24N4O3.C20H21N5O5S.CH2O3.CH4.2K.H/c1-26(2)32-24-19(16-31)14-21(25(24)33-26)28-22-9-11-27-23-15-20(29-30(22)23)18-8-6-7-17(13-18)10-12-34(3,4)5;1-4-14-6-5-7-15(10-14)17-12-20-24-9-8-19(27(20)26-17)25-18-11-16(13-28)21-22(18)30-23(2,3)29-21;1-2-12-4-3-5-13(8-12)15-10-18-22-7-6-17(25(18)24-15)23-16-9-14(19(26)20(16)27)11-30-31(21,28)29;2-1-4-3;;;;/h6-9,11,13,15,19,21,24-25,28,31H,14,16H2,1-5H3;1,5-10,12,16,18,21-22,25,28H,11,13H2,2-3H3;1,3-8,10,14,16,19-20,23,26-27H,9,11H2,(H2,21,28,29);1,3H;1H4;;;/q;;;;;2*+1;-1/p-1/t19-,21-,24-,25+;16-,18-,21-,22+;14-,16-,19-,20+;;;;;/m111...../s1. The van der Waals surface area contributed by atoms with Crippen molar-refractivity contribution in [2.45, 2.75) is 140 Å². The predicted molar refractivity (Wildman–Crippen MR) is 376 cm³/mol. The van der Waals surface area contributed by atoms with E-state index < -0.39 is 54.1 Å². The molecule has 5 aliphatic rings. The molecule has 0 bridgehead atoms. The van der Waals surface area contributed by atoms with Crippen molar-refractivity contribution in [2.24, 2.45) is 22.9 Å². The van der Waals surface area contributed by atoms with Crippen molar-refractivity contribution in [3.05, 3.63) is 144 Å². The molecule has 0 radical (unpaired) electrons. The number of nitrogens with one attached hydrogen (secondary N) is 3. The predicted octanol–water partition coefficient (Wildman–Crippen LogP) is -0.0604. The molecule has 102 heavy (non-hydrogen) atoms. The third-order valence-electron chi connectivity index (χ3n) is 17.4. The van der Waals surface area contributed by atoms with Crippen LogP contribution >= 0.6 is 0 Å². The normalized spacial score (nSPS) is 24.0. The first-order valence-electron chi connectivity index (χ1n) is 32.1. The smallest absolute Gasteiger partial charge is 1.00 e. The average Bonchev–Trinajstić information content (AvgIpc) is 1.61. The molecular formula is C71H83K2N13O14SSi. The number of aliphatic hydroxyl groups is 4. The number of fused-ring (bicyclic) bond motifs is 5. The molecular weight excluding hydrogens is 1400 g/mol. The zero-order valence-electron chi connectivity index (χ0n) is 58.4. The van der Waals surface area contributed by atoms with Crippen molar-refractivity contribution in [1.82, 2.24) is 43.8 Å². The van der Waals surface area contributed by atoms with Crippen molar-refractivity contribution >= 4 is 59.2 Å². The maximum atomic E-state index is 11.0. The summed E-state index contributed by atoms with van der Waals surface area (Å²) in [5, 5.41) is 78.2. The van der Waals surface area contributed by atoms with E-state index in [0.717, 1.165) is 80.5 Å².